The summed E-state index contributed by atoms with van der Waals surface area (Å²) in [4.78, 5) is 4.18. The zero-order chi connectivity index (χ0) is 9.68. The van der Waals surface area contributed by atoms with Crippen LogP contribution < -0.4 is 4.74 Å². The van der Waals surface area contributed by atoms with Crippen LogP contribution in [0.5, 0.6) is 5.88 Å². The van der Waals surface area contributed by atoms with E-state index in [4.69, 9.17) is 9.84 Å². The van der Waals surface area contributed by atoms with Gasteiger partial charge in [0.1, 0.15) is 0 Å². The lowest BCUT2D eigenvalue weighted by atomic mass is 10.1. The van der Waals surface area contributed by atoms with Gasteiger partial charge in [0, 0.05) is 18.4 Å². The second-order valence-corrected chi connectivity index (χ2v) is 2.99. The maximum absolute atomic E-state index is 8.68. The molecule has 0 bridgehead atoms. The molecule has 1 heterocycles. The zero-order valence-corrected chi connectivity index (χ0v) is 8.08. The number of aromatic nitrogens is 1. The van der Waals surface area contributed by atoms with E-state index in [1.54, 1.807) is 7.11 Å². The molecule has 0 saturated carbocycles. The van der Waals surface area contributed by atoms with Crippen molar-refractivity contribution < 1.29 is 9.84 Å². The molecule has 0 aliphatic heterocycles. The standard InChI is InChI=1S/C10H15NO2/c1-8-6-9(4-3-5-12)7-10(11-8)13-2/h6-7,12H,3-5H2,1-2H3. The highest BCUT2D eigenvalue weighted by Crippen LogP contribution is 2.13. The summed E-state index contributed by atoms with van der Waals surface area (Å²) < 4.78 is 5.04. The first-order valence-corrected chi connectivity index (χ1v) is 4.38. The van der Waals surface area contributed by atoms with Crippen molar-refractivity contribution in [2.24, 2.45) is 0 Å². The number of aryl methyl sites for hydroxylation is 2. The predicted molar refractivity (Wildman–Crippen MR) is 50.9 cm³/mol. The molecule has 1 aromatic heterocycles. The van der Waals surface area contributed by atoms with Crippen LogP contribution in [0, 0.1) is 6.92 Å². The number of aliphatic hydroxyl groups excluding tert-OH is 1. The number of methoxy groups -OCH3 is 1. The number of rotatable bonds is 4. The van der Waals surface area contributed by atoms with E-state index in [2.05, 4.69) is 4.98 Å². The fourth-order valence-corrected chi connectivity index (χ4v) is 1.24. The minimum absolute atomic E-state index is 0.226. The molecule has 0 atom stereocenters. The Balaban J connectivity index is 2.76. The van der Waals surface area contributed by atoms with Crippen molar-refractivity contribution >= 4 is 0 Å². The van der Waals surface area contributed by atoms with Gasteiger partial charge in [-0.25, -0.2) is 4.98 Å². The largest absolute Gasteiger partial charge is 0.481 e. The molecule has 1 N–H and O–H groups in total. The van der Waals surface area contributed by atoms with Gasteiger partial charge in [0.2, 0.25) is 5.88 Å². The Labute approximate surface area is 78.4 Å². The Hall–Kier alpha value is -1.09. The molecule has 0 fully saturated rings. The monoisotopic (exact) mass is 181 g/mol. The SMILES string of the molecule is COc1cc(CCCO)cc(C)n1. The van der Waals surface area contributed by atoms with E-state index in [1.807, 2.05) is 19.1 Å². The van der Waals surface area contributed by atoms with Gasteiger partial charge in [-0.3, -0.25) is 0 Å². The van der Waals surface area contributed by atoms with E-state index in [0.29, 0.717) is 5.88 Å². The molecule has 3 heteroatoms. The van der Waals surface area contributed by atoms with E-state index in [9.17, 15) is 0 Å². The van der Waals surface area contributed by atoms with Crippen molar-refractivity contribution in [1.29, 1.82) is 0 Å². The number of hydrogen-bond acceptors (Lipinski definition) is 3. The van der Waals surface area contributed by atoms with Crippen molar-refractivity contribution in [3.8, 4) is 5.88 Å². The van der Waals surface area contributed by atoms with Gasteiger partial charge in [-0.2, -0.15) is 0 Å². The molecule has 0 aliphatic carbocycles. The summed E-state index contributed by atoms with van der Waals surface area (Å²) in [6.07, 6.45) is 1.66. The van der Waals surface area contributed by atoms with Crippen LogP contribution in [0.4, 0.5) is 0 Å². The first kappa shape index (κ1) is 9.99. The molecule has 3 nitrogen and oxygen atoms in total. The van der Waals surface area contributed by atoms with E-state index in [-0.39, 0.29) is 6.61 Å². The van der Waals surface area contributed by atoms with E-state index in [1.165, 1.54) is 5.56 Å². The first-order valence-electron chi connectivity index (χ1n) is 4.38. The van der Waals surface area contributed by atoms with Crippen molar-refractivity contribution in [2.75, 3.05) is 13.7 Å². The highest BCUT2D eigenvalue weighted by molar-refractivity contribution is 5.24. The number of ether oxygens (including phenoxy) is 1. The Morgan fingerprint density at radius 2 is 2.23 bits per heavy atom. The van der Waals surface area contributed by atoms with E-state index >= 15 is 0 Å². The third kappa shape index (κ3) is 3.03. The molecular formula is C10H15NO2. The topological polar surface area (TPSA) is 42.4 Å². The second-order valence-electron chi connectivity index (χ2n) is 2.99. The molecule has 0 spiro atoms. The fourth-order valence-electron chi connectivity index (χ4n) is 1.24. The molecule has 0 unspecified atom stereocenters. The van der Waals surface area contributed by atoms with E-state index in [0.717, 1.165) is 18.5 Å². The van der Waals surface area contributed by atoms with Crippen LogP contribution in [0.3, 0.4) is 0 Å². The number of hydrogen-bond donors (Lipinski definition) is 1. The maximum atomic E-state index is 8.68. The minimum atomic E-state index is 0.226. The normalized spacial score (nSPS) is 10.1. The average Bonchev–Trinajstić information content (AvgIpc) is 2.14. The van der Waals surface area contributed by atoms with Crippen LogP contribution in [-0.2, 0) is 6.42 Å². The average molecular weight is 181 g/mol. The lowest BCUT2D eigenvalue weighted by Gasteiger charge is -2.04. The van der Waals surface area contributed by atoms with Crippen LogP contribution in [0.2, 0.25) is 0 Å². The molecule has 0 aromatic carbocycles. The Kier molecular flexibility index (Phi) is 3.71. The summed E-state index contributed by atoms with van der Waals surface area (Å²) in [5, 5.41) is 8.68. The third-order valence-corrected chi connectivity index (χ3v) is 1.82. The zero-order valence-electron chi connectivity index (χ0n) is 8.08. The van der Waals surface area contributed by atoms with Gasteiger partial charge in [0.25, 0.3) is 0 Å². The lowest BCUT2D eigenvalue weighted by molar-refractivity contribution is 0.288. The van der Waals surface area contributed by atoms with Crippen LogP contribution in [-0.4, -0.2) is 23.8 Å². The van der Waals surface area contributed by atoms with Gasteiger partial charge in [-0.05, 0) is 31.4 Å². The molecule has 0 aliphatic rings. The smallest absolute Gasteiger partial charge is 0.213 e. The number of nitrogens with zero attached hydrogens (tertiary/aromatic N) is 1. The molecule has 13 heavy (non-hydrogen) atoms. The van der Waals surface area contributed by atoms with Crippen molar-refractivity contribution in [3.05, 3.63) is 23.4 Å². The van der Waals surface area contributed by atoms with Crippen LogP contribution in [0.25, 0.3) is 0 Å². The molecule has 0 saturated heterocycles. The first-order chi connectivity index (χ1) is 6.26. The highest BCUT2D eigenvalue weighted by atomic mass is 16.5. The molecule has 72 valence electrons. The summed E-state index contributed by atoms with van der Waals surface area (Å²) in [6.45, 7) is 2.16. The molecule has 1 aromatic rings. The van der Waals surface area contributed by atoms with Crippen LogP contribution in [0.1, 0.15) is 17.7 Å². The number of aliphatic hydroxyl groups is 1. The van der Waals surface area contributed by atoms with Crippen molar-refractivity contribution in [2.45, 2.75) is 19.8 Å². The quantitative estimate of drug-likeness (QED) is 0.761. The molecule has 0 radical (unpaired) electrons. The lowest BCUT2D eigenvalue weighted by Crippen LogP contribution is -1.95. The van der Waals surface area contributed by atoms with E-state index < -0.39 is 0 Å². The van der Waals surface area contributed by atoms with Gasteiger partial charge in [-0.15, -0.1) is 0 Å². The van der Waals surface area contributed by atoms with Gasteiger partial charge in [-0.1, -0.05) is 0 Å². The van der Waals surface area contributed by atoms with Gasteiger partial charge in [0.05, 0.1) is 7.11 Å². The molecule has 0 amide bonds. The summed E-state index contributed by atoms with van der Waals surface area (Å²) >= 11 is 0. The van der Waals surface area contributed by atoms with Crippen molar-refractivity contribution in [1.82, 2.24) is 4.98 Å². The summed E-state index contributed by atoms with van der Waals surface area (Å²) in [7, 11) is 1.61. The van der Waals surface area contributed by atoms with Crippen LogP contribution >= 0.6 is 0 Å². The van der Waals surface area contributed by atoms with Crippen molar-refractivity contribution in [3.63, 3.8) is 0 Å². The highest BCUT2D eigenvalue weighted by Gasteiger charge is 1.99. The maximum Gasteiger partial charge on any atom is 0.213 e. The summed E-state index contributed by atoms with van der Waals surface area (Å²) in [6, 6.07) is 3.92. The van der Waals surface area contributed by atoms with Gasteiger partial charge < -0.3 is 9.84 Å². The van der Waals surface area contributed by atoms with Crippen LogP contribution in [0.15, 0.2) is 12.1 Å². The summed E-state index contributed by atoms with van der Waals surface area (Å²) in [5.74, 6) is 0.646. The third-order valence-electron chi connectivity index (χ3n) is 1.82. The molecular weight excluding hydrogens is 166 g/mol. The predicted octanol–water partition coefficient (Wildman–Crippen LogP) is 1.32. The Morgan fingerprint density at radius 3 is 2.85 bits per heavy atom. The Morgan fingerprint density at radius 1 is 1.46 bits per heavy atom. The second kappa shape index (κ2) is 4.82. The fraction of sp³-hybridized carbons (Fsp3) is 0.500. The van der Waals surface area contributed by atoms with Gasteiger partial charge in [0.15, 0.2) is 0 Å². The minimum Gasteiger partial charge on any atom is -0.481 e. The number of pyridine rings is 1. The molecule has 1 rings (SSSR count). The summed E-state index contributed by atoms with van der Waals surface area (Å²) in [5.41, 5.74) is 2.12. The Bertz CT molecular complexity index is 274. The van der Waals surface area contributed by atoms with Gasteiger partial charge >= 0.3 is 0 Å².